The number of hydrogen-bond acceptors (Lipinski definition) is 5. The zero-order valence-electron chi connectivity index (χ0n) is 16.8. The van der Waals surface area contributed by atoms with E-state index >= 15 is 0 Å². The fourth-order valence-electron chi connectivity index (χ4n) is 3.52. The third kappa shape index (κ3) is 3.91. The maximum absolute atomic E-state index is 13.9. The second kappa shape index (κ2) is 8.41. The number of rotatable bonds is 5. The quantitative estimate of drug-likeness (QED) is 0.703. The van der Waals surface area contributed by atoms with Gasteiger partial charge in [-0.05, 0) is 30.3 Å². The largest absolute Gasteiger partial charge is 0.497 e. The molecule has 1 aliphatic rings. The summed E-state index contributed by atoms with van der Waals surface area (Å²) in [6.45, 7) is 0.822. The molecule has 154 valence electrons. The summed E-state index contributed by atoms with van der Waals surface area (Å²) in [6.07, 6.45) is 2.87. The predicted octanol–water partition coefficient (Wildman–Crippen LogP) is 3.51. The molecule has 3 aromatic rings. The first-order chi connectivity index (χ1) is 14.6. The smallest absolute Gasteiger partial charge is 0.254 e. The van der Waals surface area contributed by atoms with Crippen LogP contribution >= 0.6 is 0 Å². The number of amides is 1. The van der Waals surface area contributed by atoms with Crippen LogP contribution in [0.15, 0.2) is 70.5 Å². The molecule has 0 spiro atoms. The highest BCUT2D eigenvalue weighted by Gasteiger charge is 2.25. The molecule has 2 heterocycles. The van der Waals surface area contributed by atoms with E-state index in [1.165, 1.54) is 24.7 Å². The Kier molecular flexibility index (Phi) is 5.52. The van der Waals surface area contributed by atoms with Gasteiger partial charge in [0.05, 0.1) is 37.2 Å². The van der Waals surface area contributed by atoms with Crippen molar-refractivity contribution in [3.63, 3.8) is 0 Å². The lowest BCUT2D eigenvalue weighted by Gasteiger charge is -2.29. The number of likely N-dealkylation sites (N-methyl/N-ethyl adjacent to an activating group) is 1. The number of nitrogens with zero attached hydrogens (tertiary/aromatic N) is 2. The maximum Gasteiger partial charge on any atom is 0.254 e. The summed E-state index contributed by atoms with van der Waals surface area (Å²) in [5.41, 5.74) is 3.67. The van der Waals surface area contributed by atoms with Crippen molar-refractivity contribution in [3.05, 3.63) is 83.6 Å². The van der Waals surface area contributed by atoms with Gasteiger partial charge in [-0.2, -0.15) is 0 Å². The molecular weight excluding hydrogens is 385 g/mol. The van der Waals surface area contributed by atoms with Gasteiger partial charge in [0.1, 0.15) is 17.8 Å². The third-order valence-electron chi connectivity index (χ3n) is 5.23. The Bertz CT molecular complexity index is 1080. The van der Waals surface area contributed by atoms with Gasteiger partial charge in [0, 0.05) is 36.5 Å². The SMILES string of the molecule is COc1ccc2c(c1)N(C)C(CNC(=O)c1ccoc1)CN=C2c1cccc(F)c1. The Morgan fingerprint density at radius 3 is 2.90 bits per heavy atom. The highest BCUT2D eigenvalue weighted by Crippen LogP contribution is 2.31. The van der Waals surface area contributed by atoms with Crippen LogP contribution in [0.2, 0.25) is 0 Å². The van der Waals surface area contributed by atoms with E-state index in [0.29, 0.717) is 35.7 Å². The van der Waals surface area contributed by atoms with Crippen molar-refractivity contribution in [1.29, 1.82) is 0 Å². The van der Waals surface area contributed by atoms with Gasteiger partial charge in [-0.1, -0.05) is 12.1 Å². The highest BCUT2D eigenvalue weighted by molar-refractivity contribution is 6.16. The van der Waals surface area contributed by atoms with E-state index in [1.54, 1.807) is 19.2 Å². The fraction of sp³-hybridized carbons (Fsp3) is 0.217. The first-order valence-electron chi connectivity index (χ1n) is 9.59. The minimum absolute atomic E-state index is 0.0993. The number of furan rings is 1. The summed E-state index contributed by atoms with van der Waals surface area (Å²) in [6, 6.07) is 13.7. The average molecular weight is 407 g/mol. The number of benzodiazepines with no additional fused rings is 1. The first kappa shape index (κ1) is 19.7. The van der Waals surface area contributed by atoms with E-state index in [0.717, 1.165) is 11.3 Å². The number of ether oxygens (including phenoxy) is 1. The number of aliphatic imine (C=N–C) groups is 1. The van der Waals surface area contributed by atoms with Crippen LogP contribution in [-0.4, -0.2) is 44.9 Å². The maximum atomic E-state index is 13.9. The van der Waals surface area contributed by atoms with Crippen molar-refractivity contribution in [2.75, 3.05) is 32.1 Å². The minimum atomic E-state index is -0.313. The first-order valence-corrected chi connectivity index (χ1v) is 9.59. The van der Waals surface area contributed by atoms with Gasteiger partial charge in [0.15, 0.2) is 0 Å². The molecule has 1 aliphatic heterocycles. The molecule has 1 atom stereocenters. The molecular formula is C23H22FN3O3. The number of nitrogens with one attached hydrogen (secondary N) is 1. The molecule has 6 nitrogen and oxygen atoms in total. The van der Waals surface area contributed by atoms with E-state index in [9.17, 15) is 9.18 Å². The van der Waals surface area contributed by atoms with Crippen LogP contribution in [0, 0.1) is 5.82 Å². The molecule has 1 N–H and O–H groups in total. The summed E-state index contributed by atoms with van der Waals surface area (Å²) in [7, 11) is 3.57. The molecule has 1 unspecified atom stereocenters. The molecule has 4 rings (SSSR count). The molecule has 0 saturated carbocycles. The molecule has 0 fully saturated rings. The number of carbonyl (C=O) groups excluding carboxylic acids is 1. The Labute approximate surface area is 174 Å². The van der Waals surface area contributed by atoms with Crippen molar-refractivity contribution >= 4 is 17.3 Å². The molecule has 1 aromatic heterocycles. The van der Waals surface area contributed by atoms with Crippen LogP contribution in [0.4, 0.5) is 10.1 Å². The molecule has 1 amide bonds. The number of carbonyl (C=O) groups is 1. The topological polar surface area (TPSA) is 67.1 Å². The average Bonchev–Trinajstić information content (AvgIpc) is 3.26. The van der Waals surface area contributed by atoms with Gasteiger partial charge in [-0.15, -0.1) is 0 Å². The minimum Gasteiger partial charge on any atom is -0.497 e. The number of anilines is 1. The number of halogens is 1. The lowest BCUT2D eigenvalue weighted by Crippen LogP contribution is -2.43. The second-order valence-corrected chi connectivity index (χ2v) is 7.07. The molecule has 2 aromatic carbocycles. The monoisotopic (exact) mass is 407 g/mol. The van der Waals surface area contributed by atoms with Crippen LogP contribution in [-0.2, 0) is 0 Å². The van der Waals surface area contributed by atoms with Gasteiger partial charge in [-0.3, -0.25) is 9.79 Å². The Balaban J connectivity index is 1.67. The molecule has 7 heteroatoms. The van der Waals surface area contributed by atoms with E-state index in [4.69, 9.17) is 14.1 Å². The van der Waals surface area contributed by atoms with Crippen molar-refractivity contribution in [2.24, 2.45) is 4.99 Å². The van der Waals surface area contributed by atoms with Gasteiger partial charge < -0.3 is 19.4 Å². The summed E-state index contributed by atoms with van der Waals surface area (Å²) in [4.78, 5) is 19.2. The van der Waals surface area contributed by atoms with E-state index in [2.05, 4.69) is 10.2 Å². The third-order valence-corrected chi connectivity index (χ3v) is 5.23. The van der Waals surface area contributed by atoms with Crippen molar-refractivity contribution in [2.45, 2.75) is 6.04 Å². The predicted molar refractivity (Wildman–Crippen MR) is 113 cm³/mol. The van der Waals surface area contributed by atoms with Gasteiger partial charge >= 0.3 is 0 Å². The van der Waals surface area contributed by atoms with Crippen LogP contribution in [0.1, 0.15) is 21.5 Å². The van der Waals surface area contributed by atoms with Crippen molar-refractivity contribution in [1.82, 2.24) is 5.32 Å². The van der Waals surface area contributed by atoms with Crippen molar-refractivity contribution in [3.8, 4) is 5.75 Å². The number of benzene rings is 2. The van der Waals surface area contributed by atoms with Gasteiger partial charge in [0.25, 0.3) is 5.91 Å². The summed E-state index contributed by atoms with van der Waals surface area (Å²) in [5.74, 6) is 0.190. The number of fused-ring (bicyclic) bond motifs is 1. The Hall–Kier alpha value is -3.61. The fourth-order valence-corrected chi connectivity index (χ4v) is 3.52. The van der Waals surface area contributed by atoms with E-state index in [-0.39, 0.29) is 17.8 Å². The number of methoxy groups -OCH3 is 1. The molecule has 0 radical (unpaired) electrons. The van der Waals surface area contributed by atoms with Gasteiger partial charge in [0.2, 0.25) is 0 Å². The lowest BCUT2D eigenvalue weighted by atomic mass is 10.00. The van der Waals surface area contributed by atoms with E-state index < -0.39 is 0 Å². The van der Waals surface area contributed by atoms with Crippen LogP contribution in [0.3, 0.4) is 0 Å². The lowest BCUT2D eigenvalue weighted by molar-refractivity contribution is 0.0951. The molecule has 30 heavy (non-hydrogen) atoms. The summed E-state index contributed by atoms with van der Waals surface area (Å²) >= 11 is 0. The highest BCUT2D eigenvalue weighted by atomic mass is 19.1. The zero-order chi connectivity index (χ0) is 21.1. The second-order valence-electron chi connectivity index (χ2n) is 7.07. The standard InChI is InChI=1S/C23H22FN3O3/c1-27-18(13-26-23(28)16-8-9-30-14-16)12-25-22(15-4-3-5-17(24)10-15)20-7-6-19(29-2)11-21(20)27/h3-11,14,18H,12-13H2,1-2H3,(H,26,28). The van der Waals surface area contributed by atoms with Crippen LogP contribution in [0.5, 0.6) is 5.75 Å². The van der Waals surface area contributed by atoms with Crippen LogP contribution in [0.25, 0.3) is 0 Å². The van der Waals surface area contributed by atoms with Crippen molar-refractivity contribution < 1.29 is 18.3 Å². The molecule has 0 aliphatic carbocycles. The zero-order valence-corrected chi connectivity index (χ0v) is 16.8. The summed E-state index contributed by atoms with van der Waals surface area (Å²) < 4.78 is 24.3. The van der Waals surface area contributed by atoms with Gasteiger partial charge in [-0.25, -0.2) is 4.39 Å². The summed E-state index contributed by atoms with van der Waals surface area (Å²) in [5, 5.41) is 2.93. The normalized spacial score (nSPS) is 15.8. The van der Waals surface area contributed by atoms with E-state index in [1.807, 2.05) is 31.3 Å². The molecule has 0 bridgehead atoms. The molecule has 0 saturated heterocycles. The number of hydrogen-bond donors (Lipinski definition) is 1. The Morgan fingerprint density at radius 1 is 1.30 bits per heavy atom. The van der Waals surface area contributed by atoms with Crippen LogP contribution < -0.4 is 15.0 Å². The Morgan fingerprint density at radius 2 is 2.17 bits per heavy atom.